The van der Waals surface area contributed by atoms with Crippen LogP contribution in [-0.4, -0.2) is 40.2 Å². The maximum atomic E-state index is 14.0. The van der Waals surface area contributed by atoms with E-state index in [0.29, 0.717) is 12.4 Å². The molecule has 9 heteroatoms. The van der Waals surface area contributed by atoms with E-state index in [1.807, 2.05) is 0 Å². The van der Waals surface area contributed by atoms with Crippen LogP contribution in [0.15, 0.2) is 23.2 Å². The average Bonchev–Trinajstić information content (AvgIpc) is 2.81. The second kappa shape index (κ2) is 6.76. The lowest BCUT2D eigenvalue weighted by Crippen LogP contribution is -2.25. The van der Waals surface area contributed by atoms with E-state index in [1.54, 1.807) is 0 Å². The Morgan fingerprint density at radius 3 is 2.85 bits per heavy atom. The van der Waals surface area contributed by atoms with Gasteiger partial charge < -0.3 is 10.1 Å². The molecule has 2 N–H and O–H groups in total. The van der Waals surface area contributed by atoms with E-state index < -0.39 is 15.8 Å². The Bertz CT molecular complexity index is 607. The molecule has 0 bridgehead atoms. The molecule has 1 aliphatic heterocycles. The Labute approximate surface area is 122 Å². The molecule has 0 aliphatic carbocycles. The number of nitrogens with one attached hydrogen (secondary N) is 2. The number of hydrogen-bond donors (Lipinski definition) is 2. The number of halogens is 2. The minimum absolute atomic E-state index is 0. The van der Waals surface area contributed by atoms with Crippen molar-refractivity contribution < 1.29 is 17.5 Å². The summed E-state index contributed by atoms with van der Waals surface area (Å²) < 4.78 is 43.5. The fourth-order valence-corrected chi connectivity index (χ4v) is 2.15. The van der Waals surface area contributed by atoms with Gasteiger partial charge in [-0.1, -0.05) is 6.07 Å². The third-order valence-electron chi connectivity index (χ3n) is 2.37. The Balaban J connectivity index is 0.00000200. The van der Waals surface area contributed by atoms with Crippen molar-refractivity contribution in [1.29, 1.82) is 0 Å². The number of amidine groups is 1. The van der Waals surface area contributed by atoms with Crippen LogP contribution in [0.2, 0.25) is 0 Å². The fourth-order valence-electron chi connectivity index (χ4n) is 1.59. The van der Waals surface area contributed by atoms with Crippen molar-refractivity contribution in [3.8, 4) is 5.75 Å². The molecule has 1 aliphatic rings. The van der Waals surface area contributed by atoms with Gasteiger partial charge in [0, 0.05) is 6.54 Å². The Morgan fingerprint density at radius 1 is 1.50 bits per heavy atom. The molecule has 0 fully saturated rings. The largest absolute Gasteiger partial charge is 0.483 e. The lowest BCUT2D eigenvalue weighted by atomic mass is 10.3. The van der Waals surface area contributed by atoms with Crippen LogP contribution in [0.3, 0.4) is 0 Å². The molecular weight excluding hydrogens is 309 g/mol. The first-order chi connectivity index (χ1) is 8.96. The highest BCUT2D eigenvalue weighted by Gasteiger charge is 2.13. The summed E-state index contributed by atoms with van der Waals surface area (Å²) in [6.45, 7) is 1.55. The van der Waals surface area contributed by atoms with Crippen molar-refractivity contribution in [2.45, 2.75) is 0 Å². The van der Waals surface area contributed by atoms with Crippen LogP contribution >= 0.6 is 12.4 Å². The third-order valence-corrected chi connectivity index (χ3v) is 2.96. The Kier molecular flexibility index (Phi) is 5.58. The van der Waals surface area contributed by atoms with E-state index in [1.165, 1.54) is 18.2 Å². The summed E-state index contributed by atoms with van der Waals surface area (Å²) in [5, 5.41) is 2.99. The van der Waals surface area contributed by atoms with Crippen molar-refractivity contribution >= 4 is 34.0 Å². The second-order valence-electron chi connectivity index (χ2n) is 4.04. The molecule has 1 aromatic rings. The molecule has 0 saturated carbocycles. The van der Waals surface area contributed by atoms with Crippen LogP contribution < -0.4 is 14.8 Å². The predicted molar refractivity (Wildman–Crippen MR) is 77.9 cm³/mol. The van der Waals surface area contributed by atoms with Gasteiger partial charge in [-0.2, -0.15) is 0 Å². The lowest BCUT2D eigenvalue weighted by molar-refractivity contribution is 0.352. The van der Waals surface area contributed by atoms with Gasteiger partial charge in [-0.25, -0.2) is 12.8 Å². The lowest BCUT2D eigenvalue weighted by Gasteiger charge is -2.11. The molecule has 2 rings (SSSR count). The van der Waals surface area contributed by atoms with Gasteiger partial charge in [0.2, 0.25) is 10.0 Å². The fraction of sp³-hybridized carbons (Fsp3) is 0.364. The first kappa shape index (κ1) is 16.5. The summed E-state index contributed by atoms with van der Waals surface area (Å²) in [6, 6.07) is 4.27. The van der Waals surface area contributed by atoms with Crippen LogP contribution in [0.4, 0.5) is 10.1 Å². The predicted octanol–water partition coefficient (Wildman–Crippen LogP) is 0.999. The molecule has 0 saturated heterocycles. The molecule has 0 unspecified atom stereocenters. The number of ether oxygens (including phenoxy) is 1. The SMILES string of the molecule is CS(=O)(=O)Nc1cccc(OCC2=NCCN2)c1F.Cl. The van der Waals surface area contributed by atoms with Gasteiger partial charge in [-0.05, 0) is 12.1 Å². The maximum Gasteiger partial charge on any atom is 0.229 e. The molecule has 1 aromatic carbocycles. The molecule has 1 heterocycles. The van der Waals surface area contributed by atoms with Crippen molar-refractivity contribution in [2.75, 3.05) is 30.7 Å². The van der Waals surface area contributed by atoms with Crippen molar-refractivity contribution in [3.63, 3.8) is 0 Å². The van der Waals surface area contributed by atoms with Gasteiger partial charge in [0.25, 0.3) is 0 Å². The van der Waals surface area contributed by atoms with Crippen LogP contribution in [0.25, 0.3) is 0 Å². The Morgan fingerprint density at radius 2 is 2.25 bits per heavy atom. The van der Waals surface area contributed by atoms with Crippen molar-refractivity contribution in [2.24, 2.45) is 4.99 Å². The highest BCUT2D eigenvalue weighted by Crippen LogP contribution is 2.25. The van der Waals surface area contributed by atoms with E-state index >= 15 is 0 Å². The van der Waals surface area contributed by atoms with Gasteiger partial charge in [-0.15, -0.1) is 12.4 Å². The maximum absolute atomic E-state index is 14.0. The molecule has 6 nitrogen and oxygen atoms in total. The zero-order valence-corrected chi connectivity index (χ0v) is 12.4. The molecule has 0 atom stereocenters. The van der Waals surface area contributed by atoms with Crippen LogP contribution in [0, 0.1) is 5.82 Å². The number of nitrogens with zero attached hydrogens (tertiary/aromatic N) is 1. The molecule has 0 radical (unpaired) electrons. The molecule has 20 heavy (non-hydrogen) atoms. The highest BCUT2D eigenvalue weighted by molar-refractivity contribution is 7.92. The standard InChI is InChI=1S/C11H14FN3O3S.ClH/c1-19(16,17)15-8-3-2-4-9(11(8)12)18-7-10-13-5-6-14-10;/h2-4,15H,5-7H2,1H3,(H,13,14);1H. The summed E-state index contributed by atoms with van der Waals surface area (Å²) in [7, 11) is -3.53. The highest BCUT2D eigenvalue weighted by atomic mass is 35.5. The zero-order chi connectivity index (χ0) is 13.9. The summed E-state index contributed by atoms with van der Waals surface area (Å²) >= 11 is 0. The number of sulfonamides is 1. The average molecular weight is 324 g/mol. The number of aliphatic imine (C=N–C) groups is 1. The zero-order valence-electron chi connectivity index (χ0n) is 10.7. The summed E-state index contributed by atoms with van der Waals surface area (Å²) in [6.07, 6.45) is 0.956. The van der Waals surface area contributed by atoms with Gasteiger partial charge in [0.15, 0.2) is 11.6 Å². The molecule has 0 amide bonds. The summed E-state index contributed by atoms with van der Waals surface area (Å²) in [5.74, 6) is -0.113. The molecule has 0 aromatic heterocycles. The molecular formula is C11H15ClFN3O3S. The van der Waals surface area contributed by atoms with E-state index in [0.717, 1.165) is 12.8 Å². The monoisotopic (exact) mass is 323 g/mol. The van der Waals surface area contributed by atoms with E-state index in [4.69, 9.17) is 4.74 Å². The second-order valence-corrected chi connectivity index (χ2v) is 5.78. The van der Waals surface area contributed by atoms with Crippen molar-refractivity contribution in [1.82, 2.24) is 5.32 Å². The van der Waals surface area contributed by atoms with Gasteiger partial charge in [0.1, 0.15) is 12.4 Å². The minimum Gasteiger partial charge on any atom is -0.483 e. The quantitative estimate of drug-likeness (QED) is 0.847. The van der Waals surface area contributed by atoms with E-state index in [2.05, 4.69) is 15.0 Å². The summed E-state index contributed by atoms with van der Waals surface area (Å²) in [4.78, 5) is 4.11. The van der Waals surface area contributed by atoms with E-state index in [-0.39, 0.29) is 30.5 Å². The van der Waals surface area contributed by atoms with Crippen LogP contribution in [-0.2, 0) is 10.0 Å². The number of benzene rings is 1. The van der Waals surface area contributed by atoms with Gasteiger partial charge in [0.05, 0.1) is 18.5 Å². The topological polar surface area (TPSA) is 79.8 Å². The first-order valence-electron chi connectivity index (χ1n) is 5.62. The van der Waals surface area contributed by atoms with Crippen LogP contribution in [0.5, 0.6) is 5.75 Å². The number of anilines is 1. The Hall–Kier alpha value is -1.54. The first-order valence-corrected chi connectivity index (χ1v) is 7.51. The smallest absolute Gasteiger partial charge is 0.229 e. The van der Waals surface area contributed by atoms with Gasteiger partial charge in [-0.3, -0.25) is 9.71 Å². The van der Waals surface area contributed by atoms with E-state index in [9.17, 15) is 12.8 Å². The van der Waals surface area contributed by atoms with Gasteiger partial charge >= 0.3 is 0 Å². The normalized spacial score (nSPS) is 14.0. The molecule has 0 spiro atoms. The van der Waals surface area contributed by atoms with Crippen molar-refractivity contribution in [3.05, 3.63) is 24.0 Å². The number of rotatable bonds is 5. The van der Waals surface area contributed by atoms with Crippen LogP contribution in [0.1, 0.15) is 0 Å². The minimum atomic E-state index is -3.53. The third kappa shape index (κ3) is 4.53. The molecule has 112 valence electrons. The summed E-state index contributed by atoms with van der Waals surface area (Å²) in [5.41, 5.74) is -0.138. The number of hydrogen-bond acceptors (Lipinski definition) is 5.